The maximum Gasteiger partial charge on any atom is 0.264 e. The van der Waals surface area contributed by atoms with E-state index in [1.807, 2.05) is 0 Å². The number of nitrogens with one attached hydrogen (secondary N) is 1. The van der Waals surface area contributed by atoms with E-state index in [2.05, 4.69) is 5.32 Å². The molecule has 1 aliphatic heterocycles. The van der Waals surface area contributed by atoms with Crippen LogP contribution < -0.4 is 5.32 Å². The van der Waals surface area contributed by atoms with Gasteiger partial charge >= 0.3 is 0 Å². The third-order valence-corrected chi connectivity index (χ3v) is 8.12. The van der Waals surface area contributed by atoms with E-state index in [1.54, 1.807) is 38.7 Å². The number of benzene rings is 1. The lowest BCUT2D eigenvalue weighted by atomic mass is 9.96. The van der Waals surface area contributed by atoms with Crippen LogP contribution in [0.1, 0.15) is 36.0 Å². The van der Waals surface area contributed by atoms with Gasteiger partial charge in [0.15, 0.2) is 11.6 Å². The molecule has 0 atom stereocenters. The topological polar surface area (TPSA) is 86.8 Å². The second kappa shape index (κ2) is 8.87. The number of amides is 2. The highest BCUT2D eigenvalue weighted by atomic mass is 32.2. The fourth-order valence-electron chi connectivity index (χ4n) is 3.12. The first-order chi connectivity index (χ1) is 14.8. The fourth-order valence-corrected chi connectivity index (χ4v) is 5.59. The number of nitrogens with zero attached hydrogens (tertiary/aromatic N) is 2. The monoisotopic (exact) mass is 485 g/mol. The molecule has 1 saturated heterocycles. The highest BCUT2D eigenvalue weighted by Crippen LogP contribution is 2.30. The quantitative estimate of drug-likeness (QED) is 0.719. The van der Waals surface area contributed by atoms with Gasteiger partial charge in [-0.3, -0.25) is 9.59 Å². The van der Waals surface area contributed by atoms with Crippen LogP contribution in [0.3, 0.4) is 0 Å². The van der Waals surface area contributed by atoms with Crippen LogP contribution in [0.15, 0.2) is 29.2 Å². The van der Waals surface area contributed by atoms with Crippen LogP contribution in [-0.2, 0) is 14.8 Å². The van der Waals surface area contributed by atoms with Crippen molar-refractivity contribution in [3.8, 4) is 0 Å². The summed E-state index contributed by atoms with van der Waals surface area (Å²) < 4.78 is 53.2. The Hall–Kier alpha value is -2.37. The fraction of sp³-hybridized carbons (Fsp3) is 0.429. The number of anilines is 1. The number of hydrogen-bond donors (Lipinski definition) is 1. The number of sulfonamides is 1. The molecule has 0 unspecified atom stereocenters. The summed E-state index contributed by atoms with van der Waals surface area (Å²) >= 11 is 1.18. The van der Waals surface area contributed by atoms with E-state index in [4.69, 9.17) is 0 Å². The van der Waals surface area contributed by atoms with Crippen molar-refractivity contribution >= 4 is 38.2 Å². The molecule has 2 amide bonds. The van der Waals surface area contributed by atoms with Crippen molar-refractivity contribution in [2.45, 2.75) is 32.6 Å². The summed E-state index contributed by atoms with van der Waals surface area (Å²) in [6, 6.07) is 4.20. The minimum atomic E-state index is -4.00. The largest absolute Gasteiger partial charge is 0.335 e. The van der Waals surface area contributed by atoms with Gasteiger partial charge < -0.3 is 10.2 Å². The summed E-state index contributed by atoms with van der Waals surface area (Å²) in [5.41, 5.74) is 0.151. The van der Waals surface area contributed by atoms with Crippen molar-refractivity contribution in [1.82, 2.24) is 9.21 Å². The lowest BCUT2D eigenvalue weighted by molar-refractivity contribution is -0.123. The minimum Gasteiger partial charge on any atom is -0.335 e. The molecule has 7 nitrogen and oxygen atoms in total. The molecule has 0 bridgehead atoms. The van der Waals surface area contributed by atoms with Gasteiger partial charge in [-0.15, -0.1) is 11.3 Å². The second-order valence-corrected chi connectivity index (χ2v) is 11.6. The van der Waals surface area contributed by atoms with Crippen molar-refractivity contribution < 1.29 is 26.8 Å². The standard InChI is InChI=1S/C21H25F2N3O4S2/c1-13-11-17(24-20(28)21(2,3)4)31-18(13)19(27)25-7-9-26(10-8-25)32(29,30)14-5-6-15(22)16(23)12-14/h5-6,11-12H,7-10H2,1-4H3,(H,24,28). The molecule has 0 spiro atoms. The molecule has 32 heavy (non-hydrogen) atoms. The summed E-state index contributed by atoms with van der Waals surface area (Å²) in [6.45, 7) is 7.54. The van der Waals surface area contributed by atoms with Gasteiger partial charge in [0, 0.05) is 31.6 Å². The summed E-state index contributed by atoms with van der Waals surface area (Å²) in [7, 11) is -4.00. The molecule has 2 heterocycles. The summed E-state index contributed by atoms with van der Waals surface area (Å²) in [5.74, 6) is -2.76. The van der Waals surface area contributed by atoms with Crippen LogP contribution in [0, 0.1) is 24.0 Å². The summed E-state index contributed by atoms with van der Waals surface area (Å²) in [6.07, 6.45) is 0. The Labute approximate surface area is 190 Å². The Kier molecular flexibility index (Phi) is 6.73. The number of rotatable bonds is 4. The molecule has 1 fully saturated rings. The Morgan fingerprint density at radius 3 is 2.22 bits per heavy atom. The summed E-state index contributed by atoms with van der Waals surface area (Å²) in [4.78, 5) is 26.9. The van der Waals surface area contributed by atoms with Gasteiger partial charge in [0.1, 0.15) is 0 Å². The molecule has 3 rings (SSSR count). The Morgan fingerprint density at radius 2 is 1.66 bits per heavy atom. The van der Waals surface area contributed by atoms with Gasteiger partial charge in [-0.25, -0.2) is 17.2 Å². The molecule has 2 aromatic rings. The highest BCUT2D eigenvalue weighted by Gasteiger charge is 2.32. The van der Waals surface area contributed by atoms with Gasteiger partial charge in [-0.05, 0) is 36.8 Å². The number of aryl methyl sites for hydroxylation is 1. The average molecular weight is 486 g/mol. The van der Waals surface area contributed by atoms with Crippen LogP contribution in [0.25, 0.3) is 0 Å². The van der Waals surface area contributed by atoms with E-state index in [-0.39, 0.29) is 42.9 Å². The number of carbonyl (C=O) groups is 2. The Morgan fingerprint density at radius 1 is 1.03 bits per heavy atom. The predicted molar refractivity (Wildman–Crippen MR) is 118 cm³/mol. The van der Waals surface area contributed by atoms with Crippen LogP contribution in [-0.4, -0.2) is 55.6 Å². The number of carbonyl (C=O) groups excluding carboxylic acids is 2. The van der Waals surface area contributed by atoms with Crippen molar-refractivity contribution in [1.29, 1.82) is 0 Å². The van der Waals surface area contributed by atoms with Gasteiger partial charge in [0.25, 0.3) is 5.91 Å². The van der Waals surface area contributed by atoms with E-state index in [0.717, 1.165) is 22.0 Å². The van der Waals surface area contributed by atoms with Crippen molar-refractivity contribution in [3.63, 3.8) is 0 Å². The molecule has 0 radical (unpaired) electrons. The van der Waals surface area contributed by atoms with E-state index in [0.29, 0.717) is 15.9 Å². The molecular formula is C21H25F2N3O4S2. The molecule has 1 aliphatic rings. The zero-order valence-electron chi connectivity index (χ0n) is 18.2. The number of hydrogen-bond acceptors (Lipinski definition) is 5. The van der Waals surface area contributed by atoms with Gasteiger partial charge in [-0.2, -0.15) is 4.31 Å². The van der Waals surface area contributed by atoms with Gasteiger partial charge in [0.05, 0.1) is 14.8 Å². The summed E-state index contributed by atoms with van der Waals surface area (Å²) in [5, 5.41) is 3.39. The highest BCUT2D eigenvalue weighted by molar-refractivity contribution is 7.89. The third-order valence-electron chi connectivity index (χ3n) is 5.08. The first-order valence-corrected chi connectivity index (χ1v) is 12.2. The van der Waals surface area contributed by atoms with E-state index in [1.165, 1.54) is 11.3 Å². The van der Waals surface area contributed by atoms with Crippen molar-refractivity contribution in [2.75, 3.05) is 31.5 Å². The van der Waals surface area contributed by atoms with Crippen LogP contribution in [0.2, 0.25) is 0 Å². The normalized spacial score (nSPS) is 15.6. The van der Waals surface area contributed by atoms with Crippen LogP contribution in [0.5, 0.6) is 0 Å². The predicted octanol–water partition coefficient (Wildman–Crippen LogP) is 3.47. The minimum absolute atomic E-state index is 0.0328. The van der Waals surface area contributed by atoms with E-state index < -0.39 is 27.1 Å². The lowest BCUT2D eigenvalue weighted by Crippen LogP contribution is -2.50. The van der Waals surface area contributed by atoms with Crippen molar-refractivity contribution in [3.05, 3.63) is 46.3 Å². The molecule has 1 N–H and O–H groups in total. The average Bonchev–Trinajstić information content (AvgIpc) is 3.08. The molecule has 174 valence electrons. The Bertz CT molecular complexity index is 1150. The molecule has 1 aromatic heterocycles. The van der Waals surface area contributed by atoms with E-state index in [9.17, 15) is 26.8 Å². The van der Waals surface area contributed by atoms with Gasteiger partial charge in [0.2, 0.25) is 15.9 Å². The first kappa shape index (κ1) is 24.3. The van der Waals surface area contributed by atoms with Crippen molar-refractivity contribution in [2.24, 2.45) is 5.41 Å². The molecule has 0 saturated carbocycles. The molecule has 11 heteroatoms. The number of thiophene rings is 1. The maximum absolute atomic E-state index is 13.5. The number of halogens is 2. The second-order valence-electron chi connectivity index (χ2n) is 8.60. The van der Waals surface area contributed by atoms with Gasteiger partial charge in [-0.1, -0.05) is 20.8 Å². The smallest absolute Gasteiger partial charge is 0.264 e. The molecule has 1 aromatic carbocycles. The maximum atomic E-state index is 13.5. The third kappa shape index (κ3) is 5.00. The molecular weight excluding hydrogens is 460 g/mol. The molecule has 0 aliphatic carbocycles. The zero-order valence-corrected chi connectivity index (χ0v) is 19.9. The Balaban J connectivity index is 1.68. The van der Waals surface area contributed by atoms with E-state index >= 15 is 0 Å². The first-order valence-electron chi connectivity index (χ1n) is 9.97. The lowest BCUT2D eigenvalue weighted by Gasteiger charge is -2.34. The van der Waals surface area contributed by atoms with Crippen LogP contribution in [0.4, 0.5) is 13.8 Å². The zero-order chi connectivity index (χ0) is 23.8. The SMILES string of the molecule is Cc1cc(NC(=O)C(C)(C)C)sc1C(=O)N1CCN(S(=O)(=O)c2ccc(F)c(F)c2)CC1. The number of piperazine rings is 1. The van der Waals surface area contributed by atoms with Crippen LogP contribution >= 0.6 is 11.3 Å².